The fourth-order valence-electron chi connectivity index (χ4n) is 3.00. The Bertz CT molecular complexity index is 583. The van der Waals surface area contributed by atoms with E-state index in [1.165, 1.54) is 0 Å². The van der Waals surface area contributed by atoms with Crippen LogP contribution in [0, 0.1) is 0 Å². The molecule has 0 radical (unpaired) electrons. The van der Waals surface area contributed by atoms with Gasteiger partial charge in [-0.3, -0.25) is 4.90 Å². The van der Waals surface area contributed by atoms with Gasteiger partial charge in [-0.1, -0.05) is 18.2 Å². The van der Waals surface area contributed by atoms with Crippen LogP contribution in [0.5, 0.6) is 0 Å². The van der Waals surface area contributed by atoms with Crippen LogP contribution in [-0.4, -0.2) is 44.8 Å². The zero-order valence-corrected chi connectivity index (χ0v) is 12.2. The van der Waals surface area contributed by atoms with Crippen molar-refractivity contribution in [1.29, 1.82) is 0 Å². The topological polar surface area (TPSA) is 67.3 Å². The number of imidazole rings is 1. The van der Waals surface area contributed by atoms with Crippen molar-refractivity contribution in [3.63, 3.8) is 0 Å². The van der Waals surface area contributed by atoms with Crippen molar-refractivity contribution in [2.75, 3.05) is 19.7 Å². The van der Waals surface area contributed by atoms with E-state index in [-0.39, 0.29) is 6.61 Å². The van der Waals surface area contributed by atoms with Crippen LogP contribution >= 0.6 is 0 Å². The Morgan fingerprint density at radius 1 is 1.29 bits per heavy atom. The standard InChI is InChI=1S/C16H22N4O/c17-16(13-21)7-4-9-19(12-16)11-15-18-8-10-20(15)14-5-2-1-3-6-14/h1-3,5-6,8,10,21H,4,7,9,11-13,17H2. The van der Waals surface area contributed by atoms with Crippen LogP contribution in [0.3, 0.4) is 0 Å². The number of aromatic nitrogens is 2. The molecule has 1 aromatic heterocycles. The van der Waals surface area contributed by atoms with E-state index in [0.29, 0.717) is 6.54 Å². The molecule has 112 valence electrons. The molecule has 2 heterocycles. The second kappa shape index (κ2) is 5.97. The van der Waals surface area contributed by atoms with Crippen molar-refractivity contribution in [2.24, 2.45) is 5.73 Å². The molecule has 1 atom stereocenters. The number of hydrogen-bond donors (Lipinski definition) is 2. The Morgan fingerprint density at radius 3 is 2.86 bits per heavy atom. The zero-order valence-electron chi connectivity index (χ0n) is 12.2. The van der Waals surface area contributed by atoms with Crippen molar-refractivity contribution in [3.05, 3.63) is 48.5 Å². The van der Waals surface area contributed by atoms with Gasteiger partial charge in [0.1, 0.15) is 5.82 Å². The molecule has 2 aromatic rings. The fourth-order valence-corrected chi connectivity index (χ4v) is 3.00. The van der Waals surface area contributed by atoms with Gasteiger partial charge in [-0.15, -0.1) is 0 Å². The SMILES string of the molecule is NC1(CO)CCCN(Cc2nccn2-c2ccccc2)C1. The molecule has 5 heteroatoms. The van der Waals surface area contributed by atoms with E-state index in [9.17, 15) is 5.11 Å². The molecule has 0 aliphatic carbocycles. The zero-order chi connectivity index (χ0) is 14.7. The molecule has 3 N–H and O–H groups in total. The van der Waals surface area contributed by atoms with Crippen LogP contribution in [0.15, 0.2) is 42.7 Å². The summed E-state index contributed by atoms with van der Waals surface area (Å²) in [6.07, 6.45) is 5.71. The highest BCUT2D eigenvalue weighted by atomic mass is 16.3. The summed E-state index contributed by atoms with van der Waals surface area (Å²) >= 11 is 0. The van der Waals surface area contributed by atoms with Crippen LogP contribution in [0.25, 0.3) is 5.69 Å². The molecule has 1 unspecified atom stereocenters. The van der Waals surface area contributed by atoms with Gasteiger partial charge in [0.25, 0.3) is 0 Å². The Hall–Kier alpha value is -1.69. The van der Waals surface area contributed by atoms with Crippen molar-refractivity contribution in [3.8, 4) is 5.69 Å². The molecule has 0 bridgehead atoms. The number of piperidine rings is 1. The average molecular weight is 286 g/mol. The highest BCUT2D eigenvalue weighted by molar-refractivity contribution is 5.32. The summed E-state index contributed by atoms with van der Waals surface area (Å²) in [6, 6.07) is 10.2. The van der Waals surface area contributed by atoms with Crippen molar-refractivity contribution < 1.29 is 5.11 Å². The Labute approximate surface area is 125 Å². The maximum absolute atomic E-state index is 9.45. The smallest absolute Gasteiger partial charge is 0.127 e. The predicted molar refractivity (Wildman–Crippen MR) is 82.1 cm³/mol. The first-order valence-electron chi connectivity index (χ1n) is 7.40. The normalized spacial score (nSPS) is 23.3. The largest absolute Gasteiger partial charge is 0.394 e. The number of benzene rings is 1. The number of aliphatic hydroxyl groups excluding tert-OH is 1. The van der Waals surface area contributed by atoms with E-state index >= 15 is 0 Å². The minimum Gasteiger partial charge on any atom is -0.394 e. The maximum atomic E-state index is 9.45. The minimum absolute atomic E-state index is 0.0383. The van der Waals surface area contributed by atoms with E-state index in [2.05, 4.69) is 26.6 Å². The van der Waals surface area contributed by atoms with Crippen LogP contribution < -0.4 is 5.73 Å². The van der Waals surface area contributed by atoms with Crippen molar-refractivity contribution in [2.45, 2.75) is 24.9 Å². The van der Waals surface area contributed by atoms with Gasteiger partial charge in [-0.25, -0.2) is 4.98 Å². The van der Waals surface area contributed by atoms with Crippen LogP contribution in [0.2, 0.25) is 0 Å². The molecule has 3 rings (SSSR count). The quantitative estimate of drug-likeness (QED) is 0.885. The Balaban J connectivity index is 1.76. The predicted octanol–water partition coefficient (Wildman–Crippen LogP) is 1.16. The van der Waals surface area contributed by atoms with Gasteiger partial charge in [0.2, 0.25) is 0 Å². The van der Waals surface area contributed by atoms with Gasteiger partial charge in [-0.05, 0) is 31.5 Å². The monoisotopic (exact) mass is 286 g/mol. The van der Waals surface area contributed by atoms with Gasteiger partial charge < -0.3 is 15.4 Å². The number of para-hydroxylation sites is 1. The lowest BCUT2D eigenvalue weighted by molar-refractivity contribution is 0.0883. The van der Waals surface area contributed by atoms with Gasteiger partial charge in [0, 0.05) is 24.6 Å². The highest BCUT2D eigenvalue weighted by Gasteiger charge is 2.31. The summed E-state index contributed by atoms with van der Waals surface area (Å²) in [6.45, 7) is 2.50. The molecule has 0 amide bonds. The minimum atomic E-state index is -0.470. The summed E-state index contributed by atoms with van der Waals surface area (Å²) in [4.78, 5) is 6.76. The number of nitrogens with zero attached hydrogens (tertiary/aromatic N) is 3. The molecule has 1 aromatic carbocycles. The fraction of sp³-hybridized carbons (Fsp3) is 0.438. The molecule has 1 aliphatic rings. The second-order valence-corrected chi connectivity index (χ2v) is 5.88. The lowest BCUT2D eigenvalue weighted by Crippen LogP contribution is -2.56. The first kappa shape index (κ1) is 14.3. The third-order valence-electron chi connectivity index (χ3n) is 4.12. The van der Waals surface area contributed by atoms with Crippen molar-refractivity contribution in [1.82, 2.24) is 14.5 Å². The van der Waals surface area contributed by atoms with Crippen LogP contribution in [0.1, 0.15) is 18.7 Å². The summed E-state index contributed by atoms with van der Waals surface area (Å²) in [5, 5.41) is 9.45. The van der Waals surface area contributed by atoms with E-state index in [1.807, 2.05) is 30.6 Å². The summed E-state index contributed by atoms with van der Waals surface area (Å²) in [7, 11) is 0. The van der Waals surface area contributed by atoms with Gasteiger partial charge in [-0.2, -0.15) is 0 Å². The van der Waals surface area contributed by atoms with Gasteiger partial charge >= 0.3 is 0 Å². The Kier molecular flexibility index (Phi) is 4.05. The number of likely N-dealkylation sites (tertiary alicyclic amines) is 1. The maximum Gasteiger partial charge on any atom is 0.127 e. The van der Waals surface area contributed by atoms with E-state index < -0.39 is 5.54 Å². The molecule has 0 spiro atoms. The summed E-state index contributed by atoms with van der Waals surface area (Å²) in [5.41, 5.74) is 6.85. The average Bonchev–Trinajstić information content (AvgIpc) is 2.96. The lowest BCUT2D eigenvalue weighted by atomic mass is 9.91. The van der Waals surface area contributed by atoms with Gasteiger partial charge in [0.05, 0.1) is 18.7 Å². The van der Waals surface area contributed by atoms with Crippen LogP contribution in [-0.2, 0) is 6.54 Å². The van der Waals surface area contributed by atoms with E-state index in [4.69, 9.17) is 5.73 Å². The molecule has 21 heavy (non-hydrogen) atoms. The molecular formula is C16H22N4O. The molecule has 1 saturated heterocycles. The number of nitrogens with two attached hydrogens (primary N) is 1. The first-order valence-corrected chi connectivity index (χ1v) is 7.40. The molecule has 1 aliphatic heterocycles. The Morgan fingerprint density at radius 2 is 2.10 bits per heavy atom. The summed E-state index contributed by atoms with van der Waals surface area (Å²) < 4.78 is 2.10. The molecule has 0 saturated carbocycles. The third-order valence-corrected chi connectivity index (χ3v) is 4.12. The highest BCUT2D eigenvalue weighted by Crippen LogP contribution is 2.20. The van der Waals surface area contributed by atoms with E-state index in [1.54, 1.807) is 0 Å². The van der Waals surface area contributed by atoms with E-state index in [0.717, 1.165) is 37.4 Å². The molecule has 1 fully saturated rings. The number of rotatable bonds is 4. The van der Waals surface area contributed by atoms with Crippen LogP contribution in [0.4, 0.5) is 0 Å². The first-order chi connectivity index (χ1) is 10.2. The molecule has 5 nitrogen and oxygen atoms in total. The molecular weight excluding hydrogens is 264 g/mol. The summed E-state index contributed by atoms with van der Waals surface area (Å²) in [5.74, 6) is 1.00. The number of hydrogen-bond acceptors (Lipinski definition) is 4. The lowest BCUT2D eigenvalue weighted by Gasteiger charge is -2.38. The van der Waals surface area contributed by atoms with Gasteiger partial charge in [0.15, 0.2) is 0 Å². The number of aliphatic hydroxyl groups is 1. The van der Waals surface area contributed by atoms with Crippen molar-refractivity contribution >= 4 is 0 Å². The second-order valence-electron chi connectivity index (χ2n) is 5.88. The third kappa shape index (κ3) is 3.15.